The van der Waals surface area contributed by atoms with E-state index in [1.807, 2.05) is 13.0 Å². The van der Waals surface area contributed by atoms with Crippen molar-refractivity contribution in [1.82, 2.24) is 13.6 Å². The average molecular weight is 484 g/mol. The lowest BCUT2D eigenvalue weighted by Crippen LogP contribution is -2.63. The summed E-state index contributed by atoms with van der Waals surface area (Å²) in [6, 6.07) is 6.73. The van der Waals surface area contributed by atoms with E-state index in [0.717, 1.165) is 26.1 Å². The van der Waals surface area contributed by atoms with Crippen molar-refractivity contribution in [2.45, 2.75) is 37.4 Å². The SMILES string of the molecule is Cc1ncccc1COc1ccc(S(=O)(=O)N2CCN(S(C)(=O)=O)C(C)C2C(=O)O)cc1. The third kappa shape index (κ3) is 4.93. The van der Waals surface area contributed by atoms with Crippen molar-refractivity contribution in [3.05, 3.63) is 53.9 Å². The van der Waals surface area contributed by atoms with Crippen molar-refractivity contribution in [2.24, 2.45) is 0 Å². The molecule has 0 aliphatic carbocycles. The Morgan fingerprint density at radius 2 is 1.75 bits per heavy atom. The lowest BCUT2D eigenvalue weighted by Gasteiger charge is -2.42. The van der Waals surface area contributed by atoms with Gasteiger partial charge in [-0.25, -0.2) is 16.8 Å². The Labute approximate surface area is 187 Å². The summed E-state index contributed by atoms with van der Waals surface area (Å²) >= 11 is 0. The van der Waals surface area contributed by atoms with Gasteiger partial charge in [-0.05, 0) is 44.2 Å². The minimum absolute atomic E-state index is 0.103. The number of hydrogen-bond donors (Lipinski definition) is 1. The third-order valence-electron chi connectivity index (χ3n) is 5.38. The Balaban J connectivity index is 1.81. The maximum absolute atomic E-state index is 13.2. The number of carboxylic acid groups (broad SMARTS) is 1. The second-order valence-corrected chi connectivity index (χ2v) is 11.3. The summed E-state index contributed by atoms with van der Waals surface area (Å²) in [6.07, 6.45) is 2.65. The Kier molecular flexibility index (Phi) is 6.89. The predicted octanol–water partition coefficient (Wildman–Crippen LogP) is 1.08. The lowest BCUT2D eigenvalue weighted by molar-refractivity contribution is -0.144. The van der Waals surface area contributed by atoms with Crippen LogP contribution in [0.5, 0.6) is 5.75 Å². The van der Waals surface area contributed by atoms with Gasteiger partial charge in [0.15, 0.2) is 0 Å². The molecule has 10 nitrogen and oxygen atoms in total. The van der Waals surface area contributed by atoms with Gasteiger partial charge < -0.3 is 9.84 Å². The molecule has 1 aliphatic heterocycles. The Bertz CT molecular complexity index is 1200. The smallest absolute Gasteiger partial charge is 0.323 e. The van der Waals surface area contributed by atoms with Crippen molar-refractivity contribution in [2.75, 3.05) is 19.3 Å². The van der Waals surface area contributed by atoms with Crippen LogP contribution in [0.25, 0.3) is 0 Å². The van der Waals surface area contributed by atoms with Crippen LogP contribution in [0.2, 0.25) is 0 Å². The maximum Gasteiger partial charge on any atom is 0.323 e. The van der Waals surface area contributed by atoms with Crippen LogP contribution in [0.4, 0.5) is 0 Å². The number of nitrogens with zero attached hydrogens (tertiary/aromatic N) is 3. The monoisotopic (exact) mass is 483 g/mol. The van der Waals surface area contributed by atoms with Crippen molar-refractivity contribution >= 4 is 26.0 Å². The van der Waals surface area contributed by atoms with Crippen LogP contribution in [0.3, 0.4) is 0 Å². The first-order chi connectivity index (χ1) is 14.9. The van der Waals surface area contributed by atoms with Gasteiger partial charge in [0.1, 0.15) is 18.4 Å². The number of aryl methyl sites for hydroxylation is 1. The molecule has 2 aromatic rings. The Morgan fingerprint density at radius 1 is 1.12 bits per heavy atom. The summed E-state index contributed by atoms with van der Waals surface area (Å²) in [5.74, 6) is -0.974. The number of hydrogen-bond acceptors (Lipinski definition) is 7. The highest BCUT2D eigenvalue weighted by Gasteiger charge is 2.47. The zero-order valence-electron chi connectivity index (χ0n) is 17.9. The van der Waals surface area contributed by atoms with Gasteiger partial charge in [0, 0.05) is 36.6 Å². The van der Waals surface area contributed by atoms with E-state index in [9.17, 15) is 26.7 Å². The minimum Gasteiger partial charge on any atom is -0.489 e. The second kappa shape index (κ2) is 9.14. The van der Waals surface area contributed by atoms with Gasteiger partial charge in [-0.2, -0.15) is 8.61 Å². The molecule has 0 amide bonds. The topological polar surface area (TPSA) is 134 Å². The zero-order chi connectivity index (χ0) is 23.7. The van der Waals surface area contributed by atoms with Crippen LogP contribution in [-0.4, -0.2) is 72.9 Å². The van der Waals surface area contributed by atoms with Crippen LogP contribution in [-0.2, 0) is 31.4 Å². The molecule has 1 aromatic heterocycles. The fourth-order valence-corrected chi connectivity index (χ4v) is 6.45. The van der Waals surface area contributed by atoms with Gasteiger partial charge in [-0.15, -0.1) is 0 Å². The normalized spacial score (nSPS) is 20.7. The first kappa shape index (κ1) is 24.1. The maximum atomic E-state index is 13.2. The molecule has 1 aromatic carbocycles. The number of ether oxygens (including phenoxy) is 1. The molecule has 32 heavy (non-hydrogen) atoms. The molecule has 1 fully saturated rings. The van der Waals surface area contributed by atoms with E-state index >= 15 is 0 Å². The Morgan fingerprint density at radius 3 is 2.31 bits per heavy atom. The summed E-state index contributed by atoms with van der Waals surface area (Å²) in [5, 5.41) is 9.66. The van der Waals surface area contributed by atoms with Crippen LogP contribution >= 0.6 is 0 Å². The van der Waals surface area contributed by atoms with E-state index in [-0.39, 0.29) is 24.6 Å². The van der Waals surface area contributed by atoms with E-state index in [1.54, 1.807) is 12.3 Å². The number of aliphatic carboxylic acids is 1. The highest BCUT2D eigenvalue weighted by molar-refractivity contribution is 7.89. The van der Waals surface area contributed by atoms with Crippen LogP contribution in [0, 0.1) is 6.92 Å². The van der Waals surface area contributed by atoms with E-state index in [1.165, 1.54) is 31.2 Å². The zero-order valence-corrected chi connectivity index (χ0v) is 19.5. The predicted molar refractivity (Wildman–Crippen MR) is 116 cm³/mol. The van der Waals surface area contributed by atoms with Gasteiger partial charge in [0.25, 0.3) is 0 Å². The quantitative estimate of drug-likeness (QED) is 0.618. The summed E-state index contributed by atoms with van der Waals surface area (Å²) in [7, 11) is -7.87. The van der Waals surface area contributed by atoms with Gasteiger partial charge in [-0.3, -0.25) is 9.78 Å². The first-order valence-corrected chi connectivity index (χ1v) is 13.1. The number of piperazine rings is 1. The van der Waals surface area contributed by atoms with Crippen molar-refractivity contribution < 1.29 is 31.5 Å². The minimum atomic E-state index is -4.18. The molecule has 1 aliphatic rings. The largest absolute Gasteiger partial charge is 0.489 e. The summed E-state index contributed by atoms with van der Waals surface area (Å²) in [4.78, 5) is 16.0. The molecule has 0 bridgehead atoms. The number of aromatic nitrogens is 1. The molecule has 174 valence electrons. The molecule has 2 unspecified atom stereocenters. The molecule has 2 atom stereocenters. The van der Waals surface area contributed by atoms with Crippen LogP contribution < -0.4 is 4.74 Å². The van der Waals surface area contributed by atoms with Crippen molar-refractivity contribution in [1.29, 1.82) is 0 Å². The molecule has 1 N–H and O–H groups in total. The molecule has 0 spiro atoms. The Hall–Kier alpha value is -2.54. The number of carboxylic acids is 1. The third-order valence-corrected chi connectivity index (χ3v) is 8.64. The van der Waals surface area contributed by atoms with Gasteiger partial charge in [0.2, 0.25) is 20.0 Å². The highest BCUT2D eigenvalue weighted by Crippen LogP contribution is 2.28. The van der Waals surface area contributed by atoms with Crippen LogP contribution in [0.15, 0.2) is 47.5 Å². The van der Waals surface area contributed by atoms with E-state index in [0.29, 0.717) is 5.75 Å². The standard InChI is InChI=1S/C20H25N3O7S2/c1-14-16(5-4-10-21-14)13-30-17-6-8-18(9-7-17)32(28,29)23-12-11-22(31(3,26)27)15(2)19(23)20(24)25/h4-10,15,19H,11-13H2,1-3H3,(H,24,25). The van der Waals surface area contributed by atoms with Crippen LogP contribution in [0.1, 0.15) is 18.2 Å². The number of sulfonamides is 2. The first-order valence-electron chi connectivity index (χ1n) is 9.77. The fourth-order valence-electron chi connectivity index (χ4n) is 3.68. The second-order valence-electron chi connectivity index (χ2n) is 7.52. The van der Waals surface area contributed by atoms with Gasteiger partial charge in [0.05, 0.1) is 11.2 Å². The number of rotatable bonds is 7. The molecular formula is C20H25N3O7S2. The summed E-state index contributed by atoms with van der Waals surface area (Å²) in [6.45, 7) is 3.11. The number of carbonyl (C=O) groups is 1. The average Bonchev–Trinajstić information content (AvgIpc) is 2.72. The number of benzene rings is 1. The molecule has 2 heterocycles. The van der Waals surface area contributed by atoms with Gasteiger partial charge >= 0.3 is 5.97 Å². The molecule has 12 heteroatoms. The van der Waals surface area contributed by atoms with E-state index < -0.39 is 38.1 Å². The lowest BCUT2D eigenvalue weighted by atomic mass is 10.1. The molecular weight excluding hydrogens is 458 g/mol. The highest BCUT2D eigenvalue weighted by atomic mass is 32.2. The van der Waals surface area contributed by atoms with E-state index in [2.05, 4.69) is 4.98 Å². The molecule has 3 rings (SSSR count). The summed E-state index contributed by atoms with van der Waals surface area (Å²) in [5.41, 5.74) is 1.72. The number of pyridine rings is 1. The van der Waals surface area contributed by atoms with Crippen molar-refractivity contribution in [3.8, 4) is 5.75 Å². The van der Waals surface area contributed by atoms with E-state index in [4.69, 9.17) is 4.74 Å². The molecule has 1 saturated heterocycles. The summed E-state index contributed by atoms with van der Waals surface area (Å²) < 4.78 is 57.8. The fraction of sp³-hybridized carbons (Fsp3) is 0.400. The van der Waals surface area contributed by atoms with Gasteiger partial charge in [-0.1, -0.05) is 6.07 Å². The molecule has 0 saturated carbocycles. The van der Waals surface area contributed by atoms with Crippen molar-refractivity contribution in [3.63, 3.8) is 0 Å². The molecule has 0 radical (unpaired) electrons.